The molecular formula is C23H25N5O4. The van der Waals surface area contributed by atoms with Crippen LogP contribution in [-0.2, 0) is 4.74 Å². The van der Waals surface area contributed by atoms with Gasteiger partial charge in [0.2, 0.25) is 5.95 Å². The lowest BCUT2D eigenvalue weighted by Gasteiger charge is -2.35. The number of aromatic nitrogens is 2. The summed E-state index contributed by atoms with van der Waals surface area (Å²) in [5.41, 5.74) is 0.849. The Morgan fingerprint density at radius 1 is 0.938 bits per heavy atom. The average Bonchev–Trinajstić information content (AvgIpc) is 2.83. The van der Waals surface area contributed by atoms with Crippen LogP contribution in [0.3, 0.4) is 0 Å². The lowest BCUT2D eigenvalue weighted by Crippen LogP contribution is -2.50. The Balaban J connectivity index is 1.30. The van der Waals surface area contributed by atoms with Crippen molar-refractivity contribution in [1.82, 2.24) is 14.9 Å². The van der Waals surface area contributed by atoms with Crippen molar-refractivity contribution < 1.29 is 13.9 Å². The molecule has 0 spiro atoms. The zero-order valence-electron chi connectivity index (χ0n) is 18.0. The van der Waals surface area contributed by atoms with E-state index in [1.807, 2.05) is 25.1 Å². The largest absolute Gasteiger partial charge is 0.422 e. The summed E-state index contributed by atoms with van der Waals surface area (Å²) in [6.07, 6.45) is 0. The number of anilines is 2. The van der Waals surface area contributed by atoms with Crippen molar-refractivity contribution in [3.8, 4) is 0 Å². The third-order valence-corrected chi connectivity index (χ3v) is 5.89. The normalized spacial score (nSPS) is 17.1. The number of ether oxygens (including phenoxy) is 1. The number of piperazine rings is 1. The summed E-state index contributed by atoms with van der Waals surface area (Å²) in [4.78, 5) is 40.8. The van der Waals surface area contributed by atoms with Gasteiger partial charge in [0.05, 0.1) is 13.2 Å². The van der Waals surface area contributed by atoms with E-state index in [0.717, 1.165) is 30.0 Å². The van der Waals surface area contributed by atoms with Gasteiger partial charge in [0.25, 0.3) is 5.91 Å². The highest BCUT2D eigenvalue weighted by Crippen LogP contribution is 2.20. The molecule has 9 heteroatoms. The van der Waals surface area contributed by atoms with E-state index in [0.29, 0.717) is 50.9 Å². The predicted molar refractivity (Wildman–Crippen MR) is 120 cm³/mol. The van der Waals surface area contributed by atoms with Crippen molar-refractivity contribution in [3.63, 3.8) is 0 Å². The van der Waals surface area contributed by atoms with Crippen LogP contribution >= 0.6 is 0 Å². The third-order valence-electron chi connectivity index (χ3n) is 5.89. The lowest BCUT2D eigenvalue weighted by molar-refractivity contribution is 0.0742. The zero-order chi connectivity index (χ0) is 22.1. The summed E-state index contributed by atoms with van der Waals surface area (Å²) in [5.74, 6) is 1.27. The molecule has 2 fully saturated rings. The van der Waals surface area contributed by atoms with Gasteiger partial charge in [-0.25, -0.2) is 9.78 Å². The van der Waals surface area contributed by atoms with Crippen LogP contribution in [0, 0.1) is 6.92 Å². The first kappa shape index (κ1) is 20.4. The molecular weight excluding hydrogens is 410 g/mol. The molecule has 1 aromatic carbocycles. The highest BCUT2D eigenvalue weighted by molar-refractivity contribution is 5.96. The van der Waals surface area contributed by atoms with Crippen LogP contribution in [-0.4, -0.2) is 73.3 Å². The second-order valence-electron chi connectivity index (χ2n) is 8.03. The van der Waals surface area contributed by atoms with E-state index in [1.54, 1.807) is 23.1 Å². The molecule has 0 aliphatic carbocycles. The molecule has 0 saturated carbocycles. The van der Waals surface area contributed by atoms with Gasteiger partial charge in [-0.2, -0.15) is 4.98 Å². The van der Waals surface area contributed by atoms with E-state index in [2.05, 4.69) is 14.8 Å². The first-order valence-corrected chi connectivity index (χ1v) is 10.8. The molecule has 0 atom stereocenters. The number of amides is 1. The number of hydrogen-bond donors (Lipinski definition) is 0. The fourth-order valence-electron chi connectivity index (χ4n) is 4.12. The minimum atomic E-state index is -0.603. The monoisotopic (exact) mass is 435 g/mol. The quantitative estimate of drug-likeness (QED) is 0.574. The van der Waals surface area contributed by atoms with Crippen LogP contribution in [0.25, 0.3) is 11.0 Å². The van der Waals surface area contributed by atoms with Gasteiger partial charge in [-0.05, 0) is 19.1 Å². The second kappa shape index (κ2) is 8.58. The number of carbonyl (C=O) groups is 1. The molecule has 9 nitrogen and oxygen atoms in total. The fraction of sp³-hybridized carbons (Fsp3) is 0.391. The highest BCUT2D eigenvalue weighted by Gasteiger charge is 2.26. The minimum absolute atomic E-state index is 0.0681. The van der Waals surface area contributed by atoms with Crippen molar-refractivity contribution >= 4 is 28.6 Å². The van der Waals surface area contributed by atoms with Crippen molar-refractivity contribution in [1.29, 1.82) is 0 Å². The van der Waals surface area contributed by atoms with Crippen molar-refractivity contribution in [2.45, 2.75) is 6.92 Å². The van der Waals surface area contributed by atoms with Gasteiger partial charge in [-0.3, -0.25) is 4.79 Å². The Hall–Kier alpha value is -3.46. The standard InChI is InChI=1S/C23H25N5O4/c1-16-14-20(26-10-12-31-13-11-26)25-23(24-16)28-8-6-27(7-9-28)21(29)18-15-17-4-2-3-5-19(17)32-22(18)30/h2-5,14-15H,6-13H2,1H3. The molecule has 0 radical (unpaired) electrons. The van der Waals surface area contributed by atoms with Gasteiger partial charge in [-0.1, -0.05) is 18.2 Å². The van der Waals surface area contributed by atoms with Crippen LogP contribution in [0.5, 0.6) is 0 Å². The number of carbonyl (C=O) groups excluding carboxylic acids is 1. The molecule has 2 saturated heterocycles. The Morgan fingerprint density at radius 2 is 1.69 bits per heavy atom. The number of fused-ring (bicyclic) bond motifs is 1. The van der Waals surface area contributed by atoms with Crippen LogP contribution in [0.1, 0.15) is 16.1 Å². The summed E-state index contributed by atoms with van der Waals surface area (Å²) in [6.45, 7) is 7.13. The van der Waals surface area contributed by atoms with Gasteiger partial charge in [0.1, 0.15) is 17.0 Å². The van der Waals surface area contributed by atoms with Gasteiger partial charge in [0, 0.05) is 56.4 Å². The molecule has 0 unspecified atom stereocenters. The summed E-state index contributed by atoms with van der Waals surface area (Å²) < 4.78 is 10.8. The molecule has 2 aliphatic rings. The Labute approximate surface area is 185 Å². The minimum Gasteiger partial charge on any atom is -0.422 e. The Morgan fingerprint density at radius 3 is 2.47 bits per heavy atom. The molecule has 3 aromatic rings. The highest BCUT2D eigenvalue weighted by atomic mass is 16.5. The van der Waals surface area contributed by atoms with E-state index in [9.17, 15) is 9.59 Å². The van der Waals surface area contributed by atoms with Gasteiger partial charge >= 0.3 is 5.63 Å². The average molecular weight is 435 g/mol. The molecule has 2 aromatic heterocycles. The maximum absolute atomic E-state index is 13.0. The summed E-state index contributed by atoms with van der Waals surface area (Å²) in [5, 5.41) is 0.734. The first-order chi connectivity index (χ1) is 15.6. The van der Waals surface area contributed by atoms with Crippen LogP contribution in [0.15, 0.2) is 45.6 Å². The van der Waals surface area contributed by atoms with E-state index >= 15 is 0 Å². The van der Waals surface area contributed by atoms with E-state index in [1.165, 1.54) is 0 Å². The first-order valence-electron chi connectivity index (χ1n) is 10.8. The van der Waals surface area contributed by atoms with E-state index < -0.39 is 5.63 Å². The molecule has 0 N–H and O–H groups in total. The Kier molecular flexibility index (Phi) is 5.48. The molecule has 4 heterocycles. The number of para-hydroxylation sites is 1. The molecule has 0 bridgehead atoms. The molecule has 1 amide bonds. The maximum Gasteiger partial charge on any atom is 0.349 e. The number of aryl methyl sites for hydroxylation is 1. The summed E-state index contributed by atoms with van der Waals surface area (Å²) >= 11 is 0. The Bertz CT molecular complexity index is 1200. The topological polar surface area (TPSA) is 92.0 Å². The number of rotatable bonds is 3. The number of hydrogen-bond acceptors (Lipinski definition) is 8. The molecule has 2 aliphatic heterocycles. The van der Waals surface area contributed by atoms with E-state index in [-0.39, 0.29) is 11.5 Å². The van der Waals surface area contributed by atoms with E-state index in [4.69, 9.17) is 14.1 Å². The second-order valence-corrected chi connectivity index (χ2v) is 8.03. The van der Waals surface area contributed by atoms with Crippen LogP contribution in [0.2, 0.25) is 0 Å². The van der Waals surface area contributed by atoms with Gasteiger partial charge in [0.15, 0.2) is 0 Å². The number of benzene rings is 1. The number of morpholine rings is 1. The molecule has 32 heavy (non-hydrogen) atoms. The maximum atomic E-state index is 13.0. The predicted octanol–water partition coefficient (Wildman–Crippen LogP) is 1.69. The van der Waals surface area contributed by atoms with Crippen molar-refractivity contribution in [3.05, 3.63) is 58.1 Å². The summed E-state index contributed by atoms with van der Waals surface area (Å²) in [6, 6.07) is 10.8. The van der Waals surface area contributed by atoms with Gasteiger partial charge < -0.3 is 23.9 Å². The third kappa shape index (κ3) is 4.03. The summed E-state index contributed by atoms with van der Waals surface area (Å²) in [7, 11) is 0. The SMILES string of the molecule is Cc1cc(N2CCOCC2)nc(N2CCN(C(=O)c3cc4ccccc4oc3=O)CC2)n1. The molecule has 166 valence electrons. The van der Waals surface area contributed by atoms with Crippen molar-refractivity contribution in [2.24, 2.45) is 0 Å². The smallest absolute Gasteiger partial charge is 0.349 e. The molecule has 5 rings (SSSR count). The fourth-order valence-corrected chi connectivity index (χ4v) is 4.12. The van der Waals surface area contributed by atoms with Gasteiger partial charge in [-0.15, -0.1) is 0 Å². The number of nitrogens with zero attached hydrogens (tertiary/aromatic N) is 5. The zero-order valence-corrected chi connectivity index (χ0v) is 18.0. The van der Waals surface area contributed by atoms with Crippen molar-refractivity contribution in [2.75, 3.05) is 62.3 Å². The van der Waals surface area contributed by atoms with Crippen LogP contribution in [0.4, 0.5) is 11.8 Å². The lowest BCUT2D eigenvalue weighted by atomic mass is 10.1. The van der Waals surface area contributed by atoms with Crippen LogP contribution < -0.4 is 15.4 Å².